The number of hydrogen-bond donors (Lipinski definition) is 1. The van der Waals surface area contributed by atoms with Crippen molar-refractivity contribution in [3.63, 3.8) is 0 Å². The highest BCUT2D eigenvalue weighted by atomic mass is 32.2. The maximum Gasteiger partial charge on any atom is 0.260 e. The molecule has 1 aromatic rings. The van der Waals surface area contributed by atoms with Gasteiger partial charge in [-0.15, -0.1) is 0 Å². The van der Waals surface area contributed by atoms with E-state index in [4.69, 9.17) is 4.74 Å². The van der Waals surface area contributed by atoms with Crippen LogP contribution in [0.4, 0.5) is 5.69 Å². The molecule has 2 rings (SSSR count). The number of rotatable bonds is 6. The number of carbonyl (C=O) groups is 1. The Kier molecular flexibility index (Phi) is 7.02. The Morgan fingerprint density at radius 3 is 2.46 bits per heavy atom. The number of sulfonamides is 1. The smallest absolute Gasteiger partial charge is 0.260 e. The Bertz CT molecular complexity index is 765. The Hall–Kier alpha value is -2.09. The fourth-order valence-electron chi connectivity index (χ4n) is 2.93. The number of methoxy groups -OCH3 is 1. The van der Waals surface area contributed by atoms with E-state index in [1.54, 1.807) is 12.1 Å². The number of benzene rings is 1. The van der Waals surface area contributed by atoms with Crippen LogP contribution in [0.3, 0.4) is 0 Å². The molecule has 1 aromatic carbocycles. The molecule has 0 unspecified atom stereocenters. The monoisotopic (exact) mass is 381 g/mol. The zero-order valence-electron chi connectivity index (χ0n) is 15.6. The Morgan fingerprint density at radius 1 is 1.23 bits per heavy atom. The van der Waals surface area contributed by atoms with Gasteiger partial charge in [0, 0.05) is 5.71 Å². The van der Waals surface area contributed by atoms with E-state index in [2.05, 4.69) is 10.5 Å². The molecule has 0 spiro atoms. The van der Waals surface area contributed by atoms with Gasteiger partial charge in [0.1, 0.15) is 12.3 Å². The highest BCUT2D eigenvalue weighted by Gasteiger charge is 2.24. The number of anilines is 1. The molecule has 0 aliphatic heterocycles. The SMILES string of the molecule is COc1ccc(C)cc1N(CC(=O)NN=C1CCCCCC1)S(C)(=O)=O. The lowest BCUT2D eigenvalue weighted by Crippen LogP contribution is -2.39. The molecule has 0 radical (unpaired) electrons. The number of amides is 1. The molecule has 1 fully saturated rings. The summed E-state index contributed by atoms with van der Waals surface area (Å²) in [6.45, 7) is 1.50. The number of carbonyl (C=O) groups excluding carboxylic acids is 1. The lowest BCUT2D eigenvalue weighted by molar-refractivity contribution is -0.119. The summed E-state index contributed by atoms with van der Waals surface area (Å²) in [6.07, 6.45) is 7.34. The van der Waals surface area contributed by atoms with Gasteiger partial charge in [0.05, 0.1) is 19.1 Å². The minimum atomic E-state index is -3.67. The van der Waals surface area contributed by atoms with Crippen molar-refractivity contribution in [2.45, 2.75) is 45.4 Å². The van der Waals surface area contributed by atoms with Crippen LogP contribution in [0.5, 0.6) is 5.75 Å². The Balaban J connectivity index is 2.17. The number of aryl methyl sites for hydroxylation is 1. The molecule has 1 N–H and O–H groups in total. The lowest BCUT2D eigenvalue weighted by atomic mass is 10.2. The second kappa shape index (κ2) is 9.02. The Labute approximate surface area is 155 Å². The molecule has 26 heavy (non-hydrogen) atoms. The first-order chi connectivity index (χ1) is 12.3. The van der Waals surface area contributed by atoms with Gasteiger partial charge in [0.2, 0.25) is 10.0 Å². The molecule has 1 aliphatic rings. The minimum absolute atomic E-state index is 0.340. The summed E-state index contributed by atoms with van der Waals surface area (Å²) in [5.41, 5.74) is 4.68. The van der Waals surface area contributed by atoms with Crippen molar-refractivity contribution in [3.05, 3.63) is 23.8 Å². The van der Waals surface area contributed by atoms with Gasteiger partial charge in [-0.1, -0.05) is 18.9 Å². The summed E-state index contributed by atoms with van der Waals surface area (Å²) < 4.78 is 30.8. The van der Waals surface area contributed by atoms with Crippen molar-refractivity contribution < 1.29 is 17.9 Å². The minimum Gasteiger partial charge on any atom is -0.495 e. The summed E-state index contributed by atoms with van der Waals surface area (Å²) in [4.78, 5) is 12.3. The quantitative estimate of drug-likeness (QED) is 0.606. The van der Waals surface area contributed by atoms with Crippen molar-refractivity contribution in [2.75, 3.05) is 24.2 Å². The number of nitrogens with zero attached hydrogens (tertiary/aromatic N) is 2. The van der Waals surface area contributed by atoms with Gasteiger partial charge in [-0.25, -0.2) is 13.8 Å². The van der Waals surface area contributed by atoms with Gasteiger partial charge in [-0.2, -0.15) is 5.10 Å². The fourth-order valence-corrected chi connectivity index (χ4v) is 3.78. The highest BCUT2D eigenvalue weighted by Crippen LogP contribution is 2.30. The molecule has 1 aliphatic carbocycles. The average molecular weight is 381 g/mol. The van der Waals surface area contributed by atoms with Crippen molar-refractivity contribution in [2.24, 2.45) is 5.10 Å². The fraction of sp³-hybridized carbons (Fsp3) is 0.556. The van der Waals surface area contributed by atoms with E-state index in [-0.39, 0.29) is 6.54 Å². The van der Waals surface area contributed by atoms with Gasteiger partial charge >= 0.3 is 0 Å². The molecule has 1 saturated carbocycles. The van der Waals surface area contributed by atoms with Crippen molar-refractivity contribution in [1.29, 1.82) is 0 Å². The average Bonchev–Trinajstić information content (AvgIpc) is 2.85. The third kappa shape index (κ3) is 5.72. The topological polar surface area (TPSA) is 88.1 Å². The largest absolute Gasteiger partial charge is 0.495 e. The zero-order valence-corrected chi connectivity index (χ0v) is 16.4. The van der Waals surface area contributed by atoms with E-state index in [1.807, 2.05) is 13.0 Å². The second-order valence-electron chi connectivity index (χ2n) is 6.57. The number of hydrogen-bond acceptors (Lipinski definition) is 5. The van der Waals surface area contributed by atoms with Crippen LogP contribution in [0.15, 0.2) is 23.3 Å². The number of ether oxygens (including phenoxy) is 1. The van der Waals surface area contributed by atoms with Crippen LogP contribution >= 0.6 is 0 Å². The first-order valence-electron chi connectivity index (χ1n) is 8.78. The molecule has 7 nitrogen and oxygen atoms in total. The predicted octanol–water partition coefficient (Wildman–Crippen LogP) is 2.60. The van der Waals surface area contributed by atoms with E-state index in [0.717, 1.165) is 47.5 Å². The summed E-state index contributed by atoms with van der Waals surface area (Å²) >= 11 is 0. The number of hydrazone groups is 1. The molecule has 8 heteroatoms. The van der Waals surface area contributed by atoms with Crippen LogP contribution in [0.2, 0.25) is 0 Å². The predicted molar refractivity (Wildman–Crippen MR) is 103 cm³/mol. The van der Waals surface area contributed by atoms with Crippen LogP contribution in [0.25, 0.3) is 0 Å². The highest BCUT2D eigenvalue weighted by molar-refractivity contribution is 7.92. The van der Waals surface area contributed by atoms with Crippen LogP contribution in [-0.4, -0.2) is 39.9 Å². The van der Waals surface area contributed by atoms with E-state index >= 15 is 0 Å². The molecule has 144 valence electrons. The van der Waals surface area contributed by atoms with Crippen molar-refractivity contribution >= 4 is 27.3 Å². The first-order valence-corrected chi connectivity index (χ1v) is 10.6. The molecule has 0 heterocycles. The summed E-state index contributed by atoms with van der Waals surface area (Å²) in [7, 11) is -2.20. The van der Waals surface area contributed by atoms with Crippen LogP contribution in [-0.2, 0) is 14.8 Å². The Morgan fingerprint density at radius 2 is 1.88 bits per heavy atom. The van der Waals surface area contributed by atoms with Gasteiger partial charge in [0.15, 0.2) is 0 Å². The molecular weight excluding hydrogens is 354 g/mol. The second-order valence-corrected chi connectivity index (χ2v) is 8.48. The lowest BCUT2D eigenvalue weighted by Gasteiger charge is -2.23. The van der Waals surface area contributed by atoms with E-state index < -0.39 is 15.9 Å². The summed E-state index contributed by atoms with van der Waals surface area (Å²) in [6, 6.07) is 5.19. The first kappa shape index (κ1) is 20.2. The van der Waals surface area contributed by atoms with Gasteiger partial charge in [-0.3, -0.25) is 9.10 Å². The third-order valence-corrected chi connectivity index (χ3v) is 5.44. The molecule has 0 atom stereocenters. The standard InChI is InChI=1S/C18H27N3O4S/c1-14-10-11-17(25-2)16(12-14)21(26(3,23)24)13-18(22)20-19-15-8-6-4-5-7-9-15/h10-12H,4-9,13H2,1-3H3,(H,20,22). The van der Waals surface area contributed by atoms with Gasteiger partial charge in [-0.05, 0) is 50.3 Å². The van der Waals surface area contributed by atoms with E-state index in [1.165, 1.54) is 20.0 Å². The maximum absolute atomic E-state index is 12.3. The van der Waals surface area contributed by atoms with Crippen molar-refractivity contribution in [1.82, 2.24) is 5.43 Å². The number of nitrogens with one attached hydrogen (secondary N) is 1. The molecule has 1 amide bonds. The summed E-state index contributed by atoms with van der Waals surface area (Å²) in [5, 5.41) is 4.20. The zero-order chi connectivity index (χ0) is 19.2. The van der Waals surface area contributed by atoms with Crippen LogP contribution < -0.4 is 14.5 Å². The van der Waals surface area contributed by atoms with Crippen LogP contribution in [0, 0.1) is 6.92 Å². The molecule has 0 aromatic heterocycles. The third-order valence-electron chi connectivity index (χ3n) is 4.31. The van der Waals surface area contributed by atoms with Crippen molar-refractivity contribution in [3.8, 4) is 5.75 Å². The van der Waals surface area contributed by atoms with Gasteiger partial charge < -0.3 is 4.74 Å². The summed E-state index contributed by atoms with van der Waals surface area (Å²) in [5.74, 6) is -0.0837. The maximum atomic E-state index is 12.3. The van der Waals surface area contributed by atoms with Crippen LogP contribution in [0.1, 0.15) is 44.1 Å². The normalized spacial score (nSPS) is 15.1. The van der Waals surface area contributed by atoms with E-state index in [0.29, 0.717) is 11.4 Å². The molecule has 0 bridgehead atoms. The molecular formula is C18H27N3O4S. The van der Waals surface area contributed by atoms with Gasteiger partial charge in [0.25, 0.3) is 5.91 Å². The van der Waals surface area contributed by atoms with E-state index in [9.17, 15) is 13.2 Å². The molecule has 0 saturated heterocycles.